The molecular formula is C28H32ClN3O3. The van der Waals surface area contributed by atoms with Crippen molar-refractivity contribution in [2.75, 3.05) is 26.2 Å². The molecule has 7 heteroatoms. The predicted octanol–water partition coefficient (Wildman–Crippen LogP) is 5.36. The molecule has 0 unspecified atom stereocenters. The minimum atomic E-state index is -0.153. The van der Waals surface area contributed by atoms with Gasteiger partial charge in [0, 0.05) is 41.8 Å². The number of likely N-dealkylation sites (tertiary alicyclic amines) is 1. The largest absolute Gasteiger partial charge is 0.493 e. The van der Waals surface area contributed by atoms with E-state index in [1.54, 1.807) is 18.2 Å². The van der Waals surface area contributed by atoms with Gasteiger partial charge in [0.15, 0.2) is 0 Å². The Kier molecular flexibility index (Phi) is 7.00. The van der Waals surface area contributed by atoms with Crippen LogP contribution in [0.15, 0.2) is 48.7 Å². The molecule has 6 nitrogen and oxygen atoms in total. The Morgan fingerprint density at radius 2 is 1.89 bits per heavy atom. The van der Waals surface area contributed by atoms with Crippen LogP contribution in [0.5, 0.6) is 5.75 Å². The molecule has 2 N–H and O–H groups in total. The maximum Gasteiger partial charge on any atom is 0.255 e. The van der Waals surface area contributed by atoms with E-state index in [4.69, 9.17) is 16.3 Å². The molecule has 1 aromatic heterocycles. The van der Waals surface area contributed by atoms with Crippen molar-refractivity contribution in [3.05, 3.63) is 64.8 Å². The molecule has 3 aromatic rings. The normalized spacial score (nSPS) is 18.8. The first-order valence-electron chi connectivity index (χ1n) is 12.6. The van der Waals surface area contributed by atoms with Crippen molar-refractivity contribution < 1.29 is 14.3 Å². The number of carbonyl (C=O) groups excluding carboxylic acids is 2. The maximum atomic E-state index is 13.1. The highest BCUT2D eigenvalue weighted by Gasteiger charge is 2.36. The van der Waals surface area contributed by atoms with Crippen LogP contribution in [0.4, 0.5) is 0 Å². The quantitative estimate of drug-likeness (QED) is 0.505. The van der Waals surface area contributed by atoms with E-state index in [0.717, 1.165) is 68.1 Å². The number of hydrogen-bond acceptors (Lipinski definition) is 3. The number of aromatic nitrogens is 1. The molecule has 1 fully saturated rings. The Hall–Kier alpha value is -2.99. The lowest BCUT2D eigenvalue weighted by Crippen LogP contribution is -2.48. The van der Waals surface area contributed by atoms with E-state index in [2.05, 4.69) is 16.4 Å². The first-order chi connectivity index (χ1) is 17.0. The fraction of sp³-hybridized carbons (Fsp3) is 0.429. The Balaban J connectivity index is 1.25. The third-order valence-electron chi connectivity index (χ3n) is 7.61. The summed E-state index contributed by atoms with van der Waals surface area (Å²) in [7, 11) is 0. The molecule has 184 valence electrons. The van der Waals surface area contributed by atoms with Crippen LogP contribution in [0.3, 0.4) is 0 Å². The molecule has 0 radical (unpaired) electrons. The topological polar surface area (TPSA) is 74.4 Å². The zero-order valence-corrected chi connectivity index (χ0v) is 20.7. The predicted molar refractivity (Wildman–Crippen MR) is 138 cm³/mol. The van der Waals surface area contributed by atoms with Gasteiger partial charge in [-0.05, 0) is 60.9 Å². The fourth-order valence-electron chi connectivity index (χ4n) is 5.43. The first-order valence-corrected chi connectivity index (χ1v) is 12.9. The van der Waals surface area contributed by atoms with Crippen LogP contribution in [0.25, 0.3) is 10.9 Å². The van der Waals surface area contributed by atoms with Crippen LogP contribution >= 0.6 is 11.6 Å². The van der Waals surface area contributed by atoms with Gasteiger partial charge in [-0.25, -0.2) is 0 Å². The van der Waals surface area contributed by atoms with Gasteiger partial charge in [-0.2, -0.15) is 0 Å². The van der Waals surface area contributed by atoms with Crippen LogP contribution in [0.2, 0.25) is 5.02 Å². The van der Waals surface area contributed by atoms with Gasteiger partial charge >= 0.3 is 0 Å². The number of rotatable bonds is 2. The standard InChI is InChI=1S/C28H32ClN3O3/c29-21-8-9-25-23(17-21)27(34)31-19-28(10-4-1-5-15-35-25)11-13-32(14-12-28)26(33)16-20-18-30-24-7-3-2-6-22(20)24/h2-3,6-9,17-18,30H,1,4-5,10-16,19H2,(H,31,34). The summed E-state index contributed by atoms with van der Waals surface area (Å²) in [6, 6.07) is 13.3. The second kappa shape index (κ2) is 10.3. The molecule has 0 saturated carbocycles. The van der Waals surface area contributed by atoms with Crippen molar-refractivity contribution in [3.63, 3.8) is 0 Å². The molecule has 35 heavy (non-hydrogen) atoms. The SMILES string of the molecule is O=C1NCC2(CCCCCOc3ccc(Cl)cc31)CCN(C(=O)Cc1c[nH]c3ccccc13)CC2. The van der Waals surface area contributed by atoms with E-state index in [1.165, 1.54) is 0 Å². The lowest BCUT2D eigenvalue weighted by molar-refractivity contribution is -0.132. The molecule has 3 heterocycles. The Morgan fingerprint density at radius 1 is 1.06 bits per heavy atom. The molecule has 5 rings (SSSR count). The summed E-state index contributed by atoms with van der Waals surface area (Å²) >= 11 is 6.16. The van der Waals surface area contributed by atoms with E-state index < -0.39 is 0 Å². The fourth-order valence-corrected chi connectivity index (χ4v) is 5.60. The number of para-hydroxylation sites is 1. The molecule has 2 aromatic carbocycles. The van der Waals surface area contributed by atoms with E-state index in [0.29, 0.717) is 35.9 Å². The third kappa shape index (κ3) is 5.32. The lowest BCUT2D eigenvalue weighted by atomic mass is 9.74. The second-order valence-electron chi connectivity index (χ2n) is 9.90. The van der Waals surface area contributed by atoms with Crippen LogP contribution in [-0.4, -0.2) is 47.9 Å². The number of fused-ring (bicyclic) bond motifs is 2. The van der Waals surface area contributed by atoms with Crippen molar-refractivity contribution in [2.24, 2.45) is 5.41 Å². The second-order valence-corrected chi connectivity index (χ2v) is 10.3. The minimum Gasteiger partial charge on any atom is -0.493 e. The number of halogens is 1. The average molecular weight is 494 g/mol. The van der Waals surface area contributed by atoms with Gasteiger partial charge in [-0.1, -0.05) is 42.6 Å². The van der Waals surface area contributed by atoms with E-state index in [-0.39, 0.29) is 17.2 Å². The van der Waals surface area contributed by atoms with E-state index in [9.17, 15) is 9.59 Å². The summed E-state index contributed by atoms with van der Waals surface area (Å²) in [6.07, 6.45) is 8.32. The van der Waals surface area contributed by atoms with Gasteiger partial charge < -0.3 is 19.9 Å². The van der Waals surface area contributed by atoms with Crippen LogP contribution in [0, 0.1) is 5.41 Å². The number of carbonyl (C=O) groups is 2. The number of nitrogens with zero attached hydrogens (tertiary/aromatic N) is 1. The van der Waals surface area contributed by atoms with Crippen molar-refractivity contribution in [1.29, 1.82) is 0 Å². The molecule has 2 amide bonds. The number of H-pyrrole nitrogens is 1. The maximum absolute atomic E-state index is 13.1. The van der Waals surface area contributed by atoms with Crippen molar-refractivity contribution in [3.8, 4) is 5.75 Å². The number of aromatic amines is 1. The van der Waals surface area contributed by atoms with E-state index in [1.807, 2.05) is 29.3 Å². The number of hydrogen-bond donors (Lipinski definition) is 2. The number of nitrogens with one attached hydrogen (secondary N) is 2. The third-order valence-corrected chi connectivity index (χ3v) is 7.85. The van der Waals surface area contributed by atoms with E-state index >= 15 is 0 Å². The summed E-state index contributed by atoms with van der Waals surface area (Å²) in [5.41, 5.74) is 2.60. The van der Waals surface area contributed by atoms with Gasteiger partial charge in [-0.3, -0.25) is 9.59 Å². The van der Waals surface area contributed by atoms with Crippen molar-refractivity contribution in [1.82, 2.24) is 15.2 Å². The van der Waals surface area contributed by atoms with Crippen molar-refractivity contribution in [2.45, 2.75) is 44.9 Å². The summed E-state index contributed by atoms with van der Waals surface area (Å²) in [4.78, 5) is 31.4. The van der Waals surface area contributed by atoms with Gasteiger partial charge in [0.25, 0.3) is 5.91 Å². The average Bonchev–Trinajstić information content (AvgIpc) is 3.28. The van der Waals surface area contributed by atoms with Crippen LogP contribution in [-0.2, 0) is 11.2 Å². The Morgan fingerprint density at radius 3 is 2.74 bits per heavy atom. The number of ether oxygens (including phenoxy) is 1. The van der Waals surface area contributed by atoms with Crippen molar-refractivity contribution >= 4 is 34.3 Å². The molecule has 0 bridgehead atoms. The summed E-state index contributed by atoms with van der Waals surface area (Å²) < 4.78 is 5.87. The number of amides is 2. The smallest absolute Gasteiger partial charge is 0.255 e. The molecule has 0 atom stereocenters. The highest BCUT2D eigenvalue weighted by molar-refractivity contribution is 6.31. The molecule has 2 aliphatic heterocycles. The molecule has 1 spiro atoms. The molecule has 0 aliphatic carbocycles. The zero-order chi connectivity index (χ0) is 24.3. The Bertz CT molecular complexity index is 1210. The van der Waals surface area contributed by atoms with Gasteiger partial charge in [0.05, 0.1) is 18.6 Å². The summed E-state index contributed by atoms with van der Waals surface area (Å²) in [5.74, 6) is 0.599. The van der Waals surface area contributed by atoms with Gasteiger partial charge in [-0.15, -0.1) is 0 Å². The minimum absolute atomic E-state index is 0.00597. The highest BCUT2D eigenvalue weighted by atomic mass is 35.5. The summed E-state index contributed by atoms with van der Waals surface area (Å²) in [5, 5.41) is 4.79. The first kappa shape index (κ1) is 23.7. The monoisotopic (exact) mass is 493 g/mol. The number of piperidine rings is 1. The van der Waals surface area contributed by atoms with Crippen LogP contribution in [0.1, 0.15) is 54.4 Å². The molecule has 1 saturated heterocycles. The van der Waals surface area contributed by atoms with Gasteiger partial charge in [0.1, 0.15) is 5.75 Å². The Labute approximate surface area is 211 Å². The molecular weight excluding hydrogens is 462 g/mol. The number of benzene rings is 2. The van der Waals surface area contributed by atoms with Gasteiger partial charge in [0.2, 0.25) is 5.91 Å². The lowest BCUT2D eigenvalue weighted by Gasteiger charge is -2.42. The summed E-state index contributed by atoms with van der Waals surface area (Å²) in [6.45, 7) is 2.64. The molecule has 2 aliphatic rings. The highest BCUT2D eigenvalue weighted by Crippen LogP contribution is 2.37. The zero-order valence-electron chi connectivity index (χ0n) is 19.9. The van der Waals surface area contributed by atoms with Crippen LogP contribution < -0.4 is 10.1 Å².